The molecule has 1 fully saturated rings. The van der Waals surface area contributed by atoms with Gasteiger partial charge < -0.3 is 5.73 Å². The first-order valence-corrected chi connectivity index (χ1v) is 10.8. The Balaban J connectivity index is 1.75. The molecule has 2 aromatic rings. The molecular weight excluding hydrogens is 358 g/mol. The van der Waals surface area contributed by atoms with E-state index in [0.717, 1.165) is 31.9 Å². The van der Waals surface area contributed by atoms with E-state index in [1.807, 2.05) is 29.8 Å². The summed E-state index contributed by atoms with van der Waals surface area (Å²) in [5, 5.41) is 0. The average molecular weight is 388 g/mol. The van der Waals surface area contributed by atoms with E-state index in [2.05, 4.69) is 67.2 Å². The number of nitrogens with zero attached hydrogens (tertiary/aromatic N) is 2. The Morgan fingerprint density at radius 2 is 1.62 bits per heavy atom. The topological polar surface area (TPSA) is 32.5 Å². The number of nitrogen functional groups attached to an aromatic ring is 1. The highest BCUT2D eigenvalue weighted by Crippen LogP contribution is 2.39. The van der Waals surface area contributed by atoms with E-state index < -0.39 is 0 Å². The van der Waals surface area contributed by atoms with Crippen molar-refractivity contribution in [2.75, 3.05) is 31.9 Å². The molecule has 0 atom stereocenters. The van der Waals surface area contributed by atoms with Crippen LogP contribution < -0.4 is 5.73 Å². The van der Waals surface area contributed by atoms with Crippen LogP contribution in [0.3, 0.4) is 0 Å². The van der Waals surface area contributed by atoms with Gasteiger partial charge in [-0.3, -0.25) is 4.90 Å². The monoisotopic (exact) mass is 387 g/mol. The van der Waals surface area contributed by atoms with Crippen LogP contribution in [-0.4, -0.2) is 41.4 Å². The van der Waals surface area contributed by atoms with Crippen LogP contribution in [-0.2, 0) is 0 Å². The van der Waals surface area contributed by atoms with Crippen molar-refractivity contribution in [3.05, 3.63) is 47.5 Å². The van der Waals surface area contributed by atoms with Crippen LogP contribution >= 0.6 is 23.7 Å². The molecular formula is C21H29N3S2. The first-order chi connectivity index (χ1) is 12.4. The summed E-state index contributed by atoms with van der Waals surface area (Å²) >= 11 is 3.70. The molecule has 0 amide bonds. The Kier molecular flexibility index (Phi) is 6.56. The van der Waals surface area contributed by atoms with Crippen LogP contribution in [0.5, 0.6) is 0 Å². The van der Waals surface area contributed by atoms with Crippen LogP contribution in [0.25, 0.3) is 0 Å². The van der Waals surface area contributed by atoms with Gasteiger partial charge in [0.25, 0.3) is 0 Å². The van der Waals surface area contributed by atoms with Crippen molar-refractivity contribution in [2.45, 2.75) is 48.4 Å². The third kappa shape index (κ3) is 4.97. The van der Waals surface area contributed by atoms with Gasteiger partial charge in [0.05, 0.1) is 0 Å². The molecule has 1 heterocycles. The van der Waals surface area contributed by atoms with E-state index in [4.69, 9.17) is 5.73 Å². The maximum absolute atomic E-state index is 6.09. The predicted molar refractivity (Wildman–Crippen MR) is 115 cm³/mol. The standard InChI is InChI=1S/C21H29N3S2/c1-15(2)23-9-11-24(12-10-23)26-21-14-18(22)7-8-19(21)25-20-13-16(3)5-6-17(20)4/h5-8,13-15H,9-12,22H2,1-4H3. The maximum atomic E-state index is 6.09. The Morgan fingerprint density at radius 3 is 2.31 bits per heavy atom. The van der Waals surface area contributed by atoms with Crippen LogP contribution in [0.15, 0.2) is 51.1 Å². The molecule has 0 spiro atoms. The van der Waals surface area contributed by atoms with Crippen molar-refractivity contribution < 1.29 is 0 Å². The Bertz CT molecular complexity index is 753. The molecule has 2 N–H and O–H groups in total. The van der Waals surface area contributed by atoms with Crippen molar-refractivity contribution in [3.8, 4) is 0 Å². The van der Waals surface area contributed by atoms with Gasteiger partial charge in [-0.25, -0.2) is 4.31 Å². The molecule has 5 heteroatoms. The summed E-state index contributed by atoms with van der Waals surface area (Å²) < 4.78 is 2.47. The van der Waals surface area contributed by atoms with Gasteiger partial charge in [0.2, 0.25) is 0 Å². The van der Waals surface area contributed by atoms with Crippen molar-refractivity contribution >= 4 is 29.4 Å². The second-order valence-electron chi connectivity index (χ2n) is 7.23. The lowest BCUT2D eigenvalue weighted by Crippen LogP contribution is -2.46. The molecule has 0 saturated carbocycles. The van der Waals surface area contributed by atoms with E-state index in [9.17, 15) is 0 Å². The maximum Gasteiger partial charge on any atom is 0.0390 e. The summed E-state index contributed by atoms with van der Waals surface area (Å²) in [6, 6.07) is 13.6. The fourth-order valence-electron chi connectivity index (χ4n) is 3.07. The minimum Gasteiger partial charge on any atom is -0.399 e. The minimum atomic E-state index is 0.630. The Morgan fingerprint density at radius 1 is 0.885 bits per heavy atom. The SMILES string of the molecule is Cc1ccc(C)c(Sc2ccc(N)cc2SN2CCN(C(C)C)CC2)c1. The molecule has 140 valence electrons. The van der Waals surface area contributed by atoms with Gasteiger partial charge in [0, 0.05) is 52.6 Å². The highest BCUT2D eigenvalue weighted by Gasteiger charge is 2.20. The lowest BCUT2D eigenvalue weighted by Gasteiger charge is -2.36. The van der Waals surface area contributed by atoms with Gasteiger partial charge in [0.1, 0.15) is 0 Å². The first kappa shape index (κ1) is 19.6. The molecule has 0 radical (unpaired) electrons. The largest absolute Gasteiger partial charge is 0.399 e. The van der Waals surface area contributed by atoms with Crippen LogP contribution in [0.1, 0.15) is 25.0 Å². The van der Waals surface area contributed by atoms with Crippen molar-refractivity contribution in [3.63, 3.8) is 0 Å². The minimum absolute atomic E-state index is 0.630. The van der Waals surface area contributed by atoms with E-state index in [1.54, 1.807) is 0 Å². The number of hydrogen-bond acceptors (Lipinski definition) is 5. The summed E-state index contributed by atoms with van der Waals surface area (Å²) in [7, 11) is 0. The molecule has 2 aromatic carbocycles. The molecule has 0 unspecified atom stereocenters. The zero-order chi connectivity index (χ0) is 18.7. The number of benzene rings is 2. The summed E-state index contributed by atoms with van der Waals surface area (Å²) in [5.74, 6) is 0. The van der Waals surface area contributed by atoms with Gasteiger partial charge in [-0.1, -0.05) is 23.9 Å². The van der Waals surface area contributed by atoms with Gasteiger partial charge in [-0.2, -0.15) is 0 Å². The van der Waals surface area contributed by atoms with E-state index in [-0.39, 0.29) is 0 Å². The molecule has 26 heavy (non-hydrogen) atoms. The molecule has 0 aliphatic carbocycles. The van der Waals surface area contributed by atoms with Crippen molar-refractivity contribution in [1.82, 2.24) is 9.21 Å². The number of aryl methyl sites for hydroxylation is 2. The lowest BCUT2D eigenvalue weighted by atomic mass is 10.2. The highest BCUT2D eigenvalue weighted by molar-refractivity contribution is 8.01. The fourth-order valence-corrected chi connectivity index (χ4v) is 5.28. The molecule has 0 bridgehead atoms. The number of anilines is 1. The van der Waals surface area contributed by atoms with Gasteiger partial charge in [0.15, 0.2) is 0 Å². The zero-order valence-corrected chi connectivity index (χ0v) is 17.8. The summed E-state index contributed by atoms with van der Waals surface area (Å²) in [6.07, 6.45) is 0. The molecule has 0 aromatic heterocycles. The van der Waals surface area contributed by atoms with Gasteiger partial charge >= 0.3 is 0 Å². The van der Waals surface area contributed by atoms with Crippen molar-refractivity contribution in [1.29, 1.82) is 0 Å². The van der Waals surface area contributed by atoms with E-state index in [1.165, 1.54) is 25.8 Å². The molecule has 3 nitrogen and oxygen atoms in total. The van der Waals surface area contributed by atoms with Crippen LogP contribution in [0, 0.1) is 13.8 Å². The van der Waals surface area contributed by atoms with Crippen molar-refractivity contribution in [2.24, 2.45) is 0 Å². The number of nitrogens with two attached hydrogens (primary N) is 1. The van der Waals surface area contributed by atoms with Crippen LogP contribution in [0.4, 0.5) is 5.69 Å². The summed E-state index contributed by atoms with van der Waals surface area (Å²) in [4.78, 5) is 6.40. The Hall–Kier alpha value is -1.14. The molecule has 1 aliphatic rings. The summed E-state index contributed by atoms with van der Waals surface area (Å²) in [6.45, 7) is 13.3. The zero-order valence-electron chi connectivity index (χ0n) is 16.2. The molecule has 3 rings (SSSR count). The van der Waals surface area contributed by atoms with E-state index in [0.29, 0.717) is 6.04 Å². The summed E-state index contributed by atoms with van der Waals surface area (Å²) in [5.41, 5.74) is 9.54. The Labute approximate surface area is 166 Å². The third-order valence-corrected chi connectivity index (χ3v) is 7.28. The van der Waals surface area contributed by atoms with Crippen LogP contribution in [0.2, 0.25) is 0 Å². The number of piperazine rings is 1. The normalized spacial score (nSPS) is 16.3. The first-order valence-electron chi connectivity index (χ1n) is 9.24. The molecule has 1 aliphatic heterocycles. The lowest BCUT2D eigenvalue weighted by molar-refractivity contribution is 0.160. The molecule has 1 saturated heterocycles. The highest BCUT2D eigenvalue weighted by atomic mass is 32.2. The smallest absolute Gasteiger partial charge is 0.0390 e. The average Bonchev–Trinajstić information content (AvgIpc) is 2.61. The van der Waals surface area contributed by atoms with Gasteiger partial charge in [-0.15, -0.1) is 0 Å². The predicted octanol–water partition coefficient (Wildman–Crippen LogP) is 5.07. The number of rotatable bonds is 5. The second kappa shape index (κ2) is 8.70. The van der Waals surface area contributed by atoms with E-state index >= 15 is 0 Å². The van der Waals surface area contributed by atoms with Gasteiger partial charge in [-0.05, 0) is 75.0 Å². The number of hydrogen-bond donors (Lipinski definition) is 1. The quantitative estimate of drug-likeness (QED) is 0.572. The second-order valence-corrected chi connectivity index (χ2v) is 9.45. The third-order valence-electron chi connectivity index (χ3n) is 4.76. The fraction of sp³-hybridized carbons (Fsp3) is 0.429.